The average Bonchev–Trinajstić information content (AvgIpc) is 2.99. The third-order valence-electron chi connectivity index (χ3n) is 4.55. The molecule has 7 nitrogen and oxygen atoms in total. The molecule has 2 N–H and O–H groups in total. The number of nitrogens with zero attached hydrogens (tertiary/aromatic N) is 2. The monoisotopic (exact) mass is 435 g/mol. The molecule has 2 rings (SSSR count). The van der Waals surface area contributed by atoms with Crippen molar-refractivity contribution in [2.75, 3.05) is 13.2 Å². The molecule has 0 fully saturated rings. The highest BCUT2D eigenvalue weighted by molar-refractivity contribution is 6.76. The first-order valence-electron chi connectivity index (χ1n) is 10.5. The number of aliphatic hydroxyl groups is 1. The number of nitrogens with one attached hydrogen (secondary N) is 1. The van der Waals surface area contributed by atoms with E-state index in [1.807, 2.05) is 50.7 Å². The van der Waals surface area contributed by atoms with Gasteiger partial charge in [0.1, 0.15) is 12.3 Å². The highest BCUT2D eigenvalue weighted by Gasteiger charge is 2.20. The summed E-state index contributed by atoms with van der Waals surface area (Å²) in [5.41, 5.74) is 2.44. The smallest absolute Gasteiger partial charge is 0.407 e. The lowest BCUT2D eigenvalue weighted by Gasteiger charge is -2.26. The Labute approximate surface area is 180 Å². The first-order chi connectivity index (χ1) is 13.9. The molecule has 2 aromatic rings. The van der Waals surface area contributed by atoms with Crippen LogP contribution in [0.25, 0.3) is 10.9 Å². The van der Waals surface area contributed by atoms with Crippen molar-refractivity contribution in [3.05, 3.63) is 29.5 Å². The molecule has 0 saturated carbocycles. The number of aliphatic hydroxyl groups excluding tert-OH is 1. The van der Waals surface area contributed by atoms with E-state index in [1.165, 1.54) is 0 Å². The summed E-state index contributed by atoms with van der Waals surface area (Å²) >= 11 is 0. The van der Waals surface area contributed by atoms with E-state index >= 15 is 0 Å². The van der Waals surface area contributed by atoms with Crippen molar-refractivity contribution < 1.29 is 19.4 Å². The molecule has 0 spiro atoms. The molecule has 0 radical (unpaired) electrons. The van der Waals surface area contributed by atoms with Crippen LogP contribution in [0.2, 0.25) is 25.7 Å². The van der Waals surface area contributed by atoms with Gasteiger partial charge in [-0.1, -0.05) is 6.07 Å². The molecule has 1 heterocycles. The number of benzene rings is 1. The molecule has 169 valence electrons. The Kier molecular flexibility index (Phi) is 8.07. The summed E-state index contributed by atoms with van der Waals surface area (Å²) in [6, 6.07) is 4.81. The van der Waals surface area contributed by atoms with Crippen LogP contribution in [-0.4, -0.2) is 53.9 Å². The molecule has 0 aliphatic rings. The number of ether oxygens (including phenoxy) is 2. The first-order valence-corrected chi connectivity index (χ1v) is 14.2. The Balaban J connectivity index is 2.03. The molecule has 0 bridgehead atoms. The zero-order chi connectivity index (χ0) is 22.5. The third kappa shape index (κ3) is 8.08. The Morgan fingerprint density at radius 1 is 1.30 bits per heavy atom. The van der Waals surface area contributed by atoms with Gasteiger partial charge < -0.3 is 19.9 Å². The van der Waals surface area contributed by atoms with E-state index in [2.05, 4.69) is 30.1 Å². The lowest BCUT2D eigenvalue weighted by Crippen LogP contribution is -2.42. The fraction of sp³-hybridized carbons (Fsp3) is 0.636. The van der Waals surface area contributed by atoms with E-state index in [9.17, 15) is 9.90 Å². The van der Waals surface area contributed by atoms with Gasteiger partial charge in [-0.15, -0.1) is 14.1 Å². The summed E-state index contributed by atoms with van der Waals surface area (Å²) in [4.78, 5) is 12.0. The van der Waals surface area contributed by atoms with Crippen LogP contribution >= 0.6 is 0 Å². The number of fused-ring (bicyclic) bond motifs is 1. The summed E-state index contributed by atoms with van der Waals surface area (Å²) < 4.78 is 12.9. The molecule has 1 aromatic carbocycles. The number of carbonyl (C=O) groups excluding carboxylic acids is 1. The minimum atomic E-state index is -1.10. The van der Waals surface area contributed by atoms with Crippen molar-refractivity contribution in [2.24, 2.45) is 0 Å². The summed E-state index contributed by atoms with van der Waals surface area (Å²) in [5, 5.41) is 18.1. The molecule has 1 atom stereocenters. The quantitative estimate of drug-likeness (QED) is 0.458. The van der Waals surface area contributed by atoms with Crippen LogP contribution in [0, 0.1) is 6.92 Å². The molecule has 8 heteroatoms. The summed E-state index contributed by atoms with van der Waals surface area (Å²) in [5.74, 6) is 0. The SMILES string of the molecule is Cc1cc(CC(CO)NC(=O)OC(C)(C)C)cc2cn(COCC[Si-](C)(C)C)nc12. The Bertz CT molecular complexity index is 852. The molecule has 1 aromatic heterocycles. The predicted molar refractivity (Wildman–Crippen MR) is 123 cm³/mol. The van der Waals surface area contributed by atoms with E-state index in [0.717, 1.165) is 34.7 Å². The van der Waals surface area contributed by atoms with Gasteiger partial charge in [0, 0.05) is 18.2 Å². The van der Waals surface area contributed by atoms with Gasteiger partial charge in [-0.2, -0.15) is 24.7 Å². The fourth-order valence-corrected chi connectivity index (χ4v) is 3.83. The highest BCUT2D eigenvalue weighted by Crippen LogP contribution is 2.21. The number of amides is 1. The van der Waals surface area contributed by atoms with Crippen molar-refractivity contribution in [3.8, 4) is 0 Å². The minimum Gasteiger partial charge on any atom is -0.444 e. The third-order valence-corrected chi connectivity index (χ3v) is 6.25. The standard InChI is InChI=1S/C22H37N3O4Si/c1-16-10-17(12-19(14-26)23-21(27)29-22(2,3)4)11-18-13-25(24-20(16)18)15-28-8-9-30(5,6)7/h10-11,13,19,26H,8-9,12,14-15H2,1-7H3,(H,23,27)/q-1. The van der Waals surface area contributed by atoms with Gasteiger partial charge in [-0.05, 0) is 51.3 Å². The lowest BCUT2D eigenvalue weighted by molar-refractivity contribution is 0.0483. The van der Waals surface area contributed by atoms with E-state index < -0.39 is 25.8 Å². The Morgan fingerprint density at radius 3 is 2.60 bits per heavy atom. The normalized spacial score (nSPS) is 13.5. The van der Waals surface area contributed by atoms with Crippen LogP contribution in [0.5, 0.6) is 0 Å². The van der Waals surface area contributed by atoms with Crippen molar-refractivity contribution >= 4 is 25.1 Å². The average molecular weight is 436 g/mol. The number of aromatic nitrogens is 2. The van der Waals surface area contributed by atoms with E-state index in [0.29, 0.717) is 13.2 Å². The van der Waals surface area contributed by atoms with Crippen molar-refractivity contribution in [1.29, 1.82) is 0 Å². The topological polar surface area (TPSA) is 85.6 Å². The second-order valence-corrected chi connectivity index (χ2v) is 15.7. The summed E-state index contributed by atoms with van der Waals surface area (Å²) in [7, 11) is -1.10. The zero-order valence-corrected chi connectivity index (χ0v) is 20.4. The molecular formula is C22H37N3O4Si-. The van der Waals surface area contributed by atoms with Gasteiger partial charge in [0.15, 0.2) is 0 Å². The number of aryl methyl sites for hydroxylation is 1. The first kappa shape index (κ1) is 24.4. The van der Waals surface area contributed by atoms with Crippen LogP contribution < -0.4 is 5.32 Å². The largest absolute Gasteiger partial charge is 0.444 e. The number of rotatable bonds is 9. The molecule has 1 unspecified atom stereocenters. The Hall–Kier alpha value is -1.90. The van der Waals surface area contributed by atoms with E-state index in [4.69, 9.17) is 9.47 Å². The van der Waals surface area contributed by atoms with Crippen molar-refractivity contribution in [2.45, 2.75) is 78.2 Å². The zero-order valence-electron chi connectivity index (χ0n) is 19.4. The summed E-state index contributed by atoms with van der Waals surface area (Å²) in [6.07, 6.45) is 1.96. The second-order valence-electron chi connectivity index (χ2n) is 10.1. The molecule has 30 heavy (non-hydrogen) atoms. The fourth-order valence-electron chi connectivity index (χ4n) is 3.08. The van der Waals surface area contributed by atoms with Gasteiger partial charge in [-0.3, -0.25) is 0 Å². The van der Waals surface area contributed by atoms with Gasteiger partial charge >= 0.3 is 6.09 Å². The second kappa shape index (κ2) is 9.94. The number of hydrogen-bond donors (Lipinski definition) is 2. The van der Waals surface area contributed by atoms with Gasteiger partial charge in [-0.25, -0.2) is 9.48 Å². The van der Waals surface area contributed by atoms with Crippen LogP contribution in [0.4, 0.5) is 4.79 Å². The molecule has 0 aliphatic heterocycles. The molecular weight excluding hydrogens is 398 g/mol. The molecule has 0 saturated heterocycles. The maximum atomic E-state index is 12.0. The Morgan fingerprint density at radius 2 is 2.00 bits per heavy atom. The van der Waals surface area contributed by atoms with Crippen molar-refractivity contribution in [3.63, 3.8) is 0 Å². The lowest BCUT2D eigenvalue weighted by atomic mass is 10.0. The molecule has 0 aliphatic carbocycles. The van der Waals surface area contributed by atoms with Crippen molar-refractivity contribution in [1.82, 2.24) is 15.1 Å². The van der Waals surface area contributed by atoms with Gasteiger partial charge in [0.05, 0.1) is 18.2 Å². The van der Waals surface area contributed by atoms with Crippen LogP contribution in [0.3, 0.4) is 0 Å². The van der Waals surface area contributed by atoms with E-state index in [1.54, 1.807) is 0 Å². The summed E-state index contributed by atoms with van der Waals surface area (Å²) in [6.45, 7) is 15.5. The van der Waals surface area contributed by atoms with Crippen LogP contribution in [-0.2, 0) is 22.6 Å². The maximum absolute atomic E-state index is 12.0. The van der Waals surface area contributed by atoms with Crippen LogP contribution in [0.15, 0.2) is 18.3 Å². The number of carbonyl (C=O) groups is 1. The highest BCUT2D eigenvalue weighted by atomic mass is 28.3. The predicted octanol–water partition coefficient (Wildman–Crippen LogP) is 4.09. The number of alkyl carbamates (subject to hydrolysis) is 1. The van der Waals surface area contributed by atoms with Gasteiger partial charge in [0.2, 0.25) is 0 Å². The number of hydrogen-bond acceptors (Lipinski definition) is 5. The van der Waals surface area contributed by atoms with Gasteiger partial charge in [0.25, 0.3) is 0 Å². The van der Waals surface area contributed by atoms with Crippen LogP contribution in [0.1, 0.15) is 31.9 Å². The minimum absolute atomic E-state index is 0.166. The maximum Gasteiger partial charge on any atom is 0.407 e. The molecule has 1 amide bonds. The van der Waals surface area contributed by atoms with E-state index in [-0.39, 0.29) is 6.61 Å².